The molecule has 0 bridgehead atoms. The number of benzene rings is 1. The van der Waals surface area contributed by atoms with Crippen LogP contribution in [-0.2, 0) is 25.2 Å². The van der Waals surface area contributed by atoms with Gasteiger partial charge in [-0.25, -0.2) is 4.79 Å². The van der Waals surface area contributed by atoms with E-state index in [1.807, 2.05) is 20.8 Å². The highest BCUT2D eigenvalue weighted by molar-refractivity contribution is 5.84. The number of para-hydroxylation sites is 1. The molecule has 9 rings (SSSR count). The van der Waals surface area contributed by atoms with Gasteiger partial charge in [0.1, 0.15) is 0 Å². The number of β-amino-alcohol motifs (C(OH)–C–C–N with tert-alkyl or cyclic N) is 1. The highest BCUT2D eigenvalue weighted by Gasteiger charge is 2.36. The summed E-state index contributed by atoms with van der Waals surface area (Å²) >= 11 is 0. The lowest BCUT2D eigenvalue weighted by molar-refractivity contribution is -0.125. The first-order valence-electron chi connectivity index (χ1n) is 31.9. The molecule has 1 aliphatic carbocycles. The van der Waals surface area contributed by atoms with Crippen molar-refractivity contribution in [1.29, 1.82) is 0 Å². The molecule has 10 N–H and O–H groups in total. The number of hydrogen-bond acceptors (Lipinski definition) is 9. The molecular weight excluding hydrogens is 1050 g/mol. The molecule has 1 aromatic carbocycles. The van der Waals surface area contributed by atoms with Gasteiger partial charge >= 0.3 is 5.69 Å². The number of nitrogens with two attached hydrogens (primary N) is 1. The summed E-state index contributed by atoms with van der Waals surface area (Å²) in [6.07, 6.45) is 13.4. The fourth-order valence-corrected chi connectivity index (χ4v) is 11.1. The molecule has 2 aromatic heterocycles. The van der Waals surface area contributed by atoms with Crippen LogP contribution in [0.5, 0.6) is 0 Å². The van der Waals surface area contributed by atoms with Crippen LogP contribution in [-0.4, -0.2) is 116 Å². The second-order valence-electron chi connectivity index (χ2n) is 33.3. The number of piperidine rings is 2. The monoisotopic (exact) mass is 1180 g/mol. The van der Waals surface area contributed by atoms with Gasteiger partial charge in [-0.3, -0.25) is 19.3 Å². The van der Waals surface area contributed by atoms with Crippen LogP contribution in [0.15, 0.2) is 41.5 Å². The molecule has 4 unspecified atom stereocenters. The molecule has 3 aromatic rings. The van der Waals surface area contributed by atoms with E-state index in [9.17, 15) is 19.2 Å². The van der Waals surface area contributed by atoms with Crippen molar-refractivity contribution in [3.8, 4) is 0 Å². The van der Waals surface area contributed by atoms with Crippen LogP contribution in [0.1, 0.15) is 235 Å². The maximum Gasteiger partial charge on any atom is 0.323 e. The fraction of sp³-hybridized carbons (Fsp3) is 0.797. The van der Waals surface area contributed by atoms with Crippen LogP contribution in [0.2, 0.25) is 0 Å². The second-order valence-corrected chi connectivity index (χ2v) is 33.3. The summed E-state index contributed by atoms with van der Waals surface area (Å²) < 4.78 is 0. The minimum atomic E-state index is -0.134. The first-order valence-corrected chi connectivity index (χ1v) is 31.9. The number of aromatic nitrogens is 3. The Kier molecular flexibility index (Phi) is 28.8. The molecule has 5 aliphatic heterocycles. The highest BCUT2D eigenvalue weighted by Crippen LogP contribution is 2.39. The van der Waals surface area contributed by atoms with Crippen molar-refractivity contribution >= 4 is 28.6 Å². The van der Waals surface area contributed by atoms with Gasteiger partial charge in [0.25, 0.3) is 0 Å². The van der Waals surface area contributed by atoms with E-state index in [0.29, 0.717) is 41.5 Å². The molecule has 5 saturated heterocycles. The number of hydroxylamine groups is 2. The van der Waals surface area contributed by atoms with Crippen molar-refractivity contribution in [2.45, 2.75) is 252 Å². The summed E-state index contributed by atoms with van der Waals surface area (Å²) in [7, 11) is 0. The number of nitrogens with zero attached hydrogens (tertiary/aromatic N) is 2. The largest absolute Gasteiger partial charge is 0.390 e. The van der Waals surface area contributed by atoms with Crippen LogP contribution in [0, 0.1) is 56.7 Å². The average molecular weight is 1180 g/mol. The molecule has 0 radical (unpaired) electrons. The molecule has 6 aliphatic rings. The van der Waals surface area contributed by atoms with Gasteiger partial charge in [0.05, 0.1) is 6.10 Å². The zero-order chi connectivity index (χ0) is 64.6. The Bertz CT molecular complexity index is 2460. The van der Waals surface area contributed by atoms with Crippen LogP contribution in [0.3, 0.4) is 0 Å². The van der Waals surface area contributed by atoms with Crippen molar-refractivity contribution in [2.24, 2.45) is 62.4 Å². The predicted octanol–water partition coefficient (Wildman–Crippen LogP) is 13.1. The Labute approximate surface area is 511 Å². The summed E-state index contributed by atoms with van der Waals surface area (Å²) in [6.45, 7) is 58.6. The Balaban J connectivity index is 0.000000328. The topological polar surface area (TPSA) is 225 Å². The first kappa shape index (κ1) is 76.1. The van der Waals surface area contributed by atoms with Gasteiger partial charge in [-0.05, 0) is 134 Å². The molecule has 6 fully saturated rings. The highest BCUT2D eigenvalue weighted by atomic mass is 16.5. The maximum absolute atomic E-state index is 11.1. The van der Waals surface area contributed by atoms with Crippen molar-refractivity contribution in [3.05, 3.63) is 58.4 Å². The summed E-state index contributed by atoms with van der Waals surface area (Å²) in [5.41, 5.74) is 11.4. The molecule has 7 heterocycles. The SMILES string of the molecule is CC(C)(C)C1CCN(O)CC1.CC(C)(C)C1CCNC(=O)C1.CC(C)(C)C1CCNC1=O.CC(C)(C)C1CC[C@H](N)C1.CC(C)(C)C1CNC(=O)C1.CC(C)(C)N1CC(O)C1.CC(C)(C)c1c[nH]c(=O)[nH]1.CC(C)(C)c1c[nH]c2ccccc12. The summed E-state index contributed by atoms with van der Waals surface area (Å²) in [4.78, 5) is 54.4. The standard InChI is InChI=1S/C12H15N.C9H19NO.C9H17NO.C9H19N.2C8H15NO.C7H12N2O.C7H15NO/c1-12(2,3)10-8-13-11-7-5-4-6-9(10)11;1-9(2,3)8-4-6-10(11)7-5-8;1-9(2,3)7-4-5-10-8(11)6-7;1-9(2,3)7-4-5-8(10)6-7;1-8(2,3)6-4-7(10)9-5-6;1-8(2,3)6-4-5-9-7(6)10;1-7(2,3)5-4-8-6(10)9-5;1-7(2,3)8-4-6(9)5-8/h4-8,13H,1-3H3;8,11H,4-7H2,1-3H3;7H,4-6H2,1-3H3,(H,10,11);7-8H,4-6,10H2,1-3H3;2*6H,4-5H2,1-3H3,(H,9,10);4H,1-3H3,(H2,8,9,10);6,9H,4-5H2,1-3H3/t;;;7?,8-;;;;/m...0..../s1. The number of likely N-dealkylation sites (tertiary alicyclic amines) is 1. The number of fused-ring (bicyclic) bond motifs is 1. The van der Waals surface area contributed by atoms with Crippen LogP contribution in [0.25, 0.3) is 10.9 Å². The number of hydrogen-bond donors (Lipinski definition) is 9. The number of rotatable bonds is 0. The van der Waals surface area contributed by atoms with E-state index < -0.39 is 0 Å². The van der Waals surface area contributed by atoms with E-state index in [1.165, 1.54) is 40.8 Å². The number of H-pyrrole nitrogens is 3. The number of nitrogens with one attached hydrogen (secondary N) is 6. The Morgan fingerprint density at radius 3 is 1.36 bits per heavy atom. The van der Waals surface area contributed by atoms with Gasteiger partial charge in [0.15, 0.2) is 0 Å². The lowest BCUT2D eigenvalue weighted by Gasteiger charge is -2.45. The summed E-state index contributed by atoms with van der Waals surface area (Å²) in [5, 5.41) is 29.4. The number of aliphatic hydroxyl groups excluding tert-OH is 1. The zero-order valence-corrected chi connectivity index (χ0v) is 57.8. The first-order chi connectivity index (χ1) is 38.1. The maximum atomic E-state index is 11.1. The Morgan fingerprint density at radius 1 is 0.536 bits per heavy atom. The zero-order valence-electron chi connectivity index (χ0n) is 57.8. The number of amides is 3. The molecule has 1 saturated carbocycles. The minimum Gasteiger partial charge on any atom is -0.390 e. The third-order valence-electron chi connectivity index (χ3n) is 17.8. The number of imidazole rings is 1. The quantitative estimate of drug-likeness (QED) is 0.104. The predicted molar refractivity (Wildman–Crippen MR) is 351 cm³/mol. The van der Waals surface area contributed by atoms with E-state index in [0.717, 1.165) is 89.0 Å². The lowest BCUT2D eigenvalue weighted by Crippen LogP contribution is -2.58. The number of carbonyl (C=O) groups is 3. The molecule has 15 heteroatoms. The van der Waals surface area contributed by atoms with E-state index in [4.69, 9.17) is 16.0 Å². The third kappa shape index (κ3) is 27.8. The molecule has 0 spiro atoms. The van der Waals surface area contributed by atoms with Crippen molar-refractivity contribution < 1.29 is 24.7 Å². The molecule has 84 heavy (non-hydrogen) atoms. The van der Waals surface area contributed by atoms with Crippen molar-refractivity contribution in [2.75, 3.05) is 45.8 Å². The number of aromatic amines is 3. The van der Waals surface area contributed by atoms with E-state index in [-0.39, 0.29) is 68.0 Å². The molecule has 15 nitrogen and oxygen atoms in total. The molecule has 3 amide bonds. The third-order valence-corrected chi connectivity index (χ3v) is 17.8. The van der Waals surface area contributed by atoms with Gasteiger partial charge in [0.2, 0.25) is 17.7 Å². The van der Waals surface area contributed by atoms with E-state index in [1.54, 1.807) is 6.20 Å². The van der Waals surface area contributed by atoms with E-state index >= 15 is 0 Å². The smallest absolute Gasteiger partial charge is 0.323 e. The molecule has 484 valence electrons. The summed E-state index contributed by atoms with van der Waals surface area (Å²) in [5.74, 6) is 3.63. The van der Waals surface area contributed by atoms with E-state index in [2.05, 4.69) is 212 Å². The number of carbonyl (C=O) groups excluding carboxylic acids is 3. The Hall–Kier alpha value is -4.02. The fourth-order valence-electron chi connectivity index (χ4n) is 11.1. The lowest BCUT2D eigenvalue weighted by atomic mass is 9.75. The van der Waals surface area contributed by atoms with Crippen LogP contribution in [0.4, 0.5) is 0 Å². The average Bonchev–Trinajstić information content (AvgIpc) is 4.22. The molecular formula is C69H127N9O6. The van der Waals surface area contributed by atoms with Crippen LogP contribution < -0.4 is 27.4 Å². The van der Waals surface area contributed by atoms with Gasteiger partial charge in [-0.15, -0.1) is 0 Å². The van der Waals surface area contributed by atoms with Gasteiger partial charge < -0.3 is 46.9 Å². The normalized spacial score (nSPS) is 23.0. The van der Waals surface area contributed by atoms with Crippen molar-refractivity contribution in [1.82, 2.24) is 40.9 Å². The second kappa shape index (κ2) is 31.8. The van der Waals surface area contributed by atoms with Gasteiger partial charge in [-0.2, -0.15) is 5.06 Å². The molecule has 5 atom stereocenters. The summed E-state index contributed by atoms with van der Waals surface area (Å²) in [6, 6.07) is 8.93. The van der Waals surface area contributed by atoms with Gasteiger partial charge in [-0.1, -0.05) is 164 Å². The van der Waals surface area contributed by atoms with Crippen LogP contribution >= 0.6 is 0 Å². The Morgan fingerprint density at radius 2 is 1.05 bits per heavy atom. The number of aliphatic hydroxyl groups is 1. The van der Waals surface area contributed by atoms with Gasteiger partial charge in [0, 0.05) is 111 Å². The minimum absolute atomic E-state index is 0.0269. The van der Waals surface area contributed by atoms with Crippen molar-refractivity contribution in [3.63, 3.8) is 0 Å².